The second-order valence-corrected chi connectivity index (χ2v) is 12.4. The second-order valence-electron chi connectivity index (χ2n) is 9.04. The summed E-state index contributed by atoms with van der Waals surface area (Å²) >= 11 is 22.3. The first kappa shape index (κ1) is 28.1. The molecule has 1 aliphatic rings. The minimum absolute atomic E-state index is 0.0342. The molecule has 1 saturated heterocycles. The van der Waals surface area contributed by atoms with Gasteiger partial charge < -0.3 is 20.1 Å². The minimum Gasteiger partial charge on any atom is -0.481 e. The summed E-state index contributed by atoms with van der Waals surface area (Å²) in [5, 5.41) is 14.9. The number of aliphatic carboxylic acids is 1. The van der Waals surface area contributed by atoms with Crippen LogP contribution in [0.5, 0.6) is 0 Å². The Kier molecular flexibility index (Phi) is 8.60. The number of aromatic nitrogens is 2. The van der Waals surface area contributed by atoms with Crippen LogP contribution in [-0.4, -0.2) is 51.6 Å². The molecule has 0 unspecified atom stereocenters. The highest BCUT2D eigenvalue weighted by molar-refractivity contribution is 7.22. The molecule has 0 radical (unpaired) electrons. The molecule has 0 saturated carbocycles. The number of rotatable bonds is 9. The van der Waals surface area contributed by atoms with Gasteiger partial charge in [0.05, 0.1) is 45.4 Å². The molecule has 2 atom stereocenters. The number of nitrogens with zero attached hydrogens (tertiary/aromatic N) is 3. The number of aryl methyl sites for hydroxylation is 1. The highest BCUT2D eigenvalue weighted by Gasteiger charge is 2.38. The van der Waals surface area contributed by atoms with Gasteiger partial charge in [-0.2, -0.15) is 0 Å². The average Bonchev–Trinajstić information content (AvgIpc) is 3.64. The molecule has 2 N–H and O–H groups in total. The lowest BCUT2D eigenvalue weighted by Gasteiger charge is -2.23. The van der Waals surface area contributed by atoms with Crippen LogP contribution in [0.15, 0.2) is 36.5 Å². The van der Waals surface area contributed by atoms with E-state index in [4.69, 9.17) is 44.6 Å². The monoisotopic (exact) mass is 624 g/mol. The van der Waals surface area contributed by atoms with Crippen molar-refractivity contribution in [2.75, 3.05) is 19.0 Å². The number of carbonyl (C=O) groups is 2. The number of halogens is 3. The summed E-state index contributed by atoms with van der Waals surface area (Å²) in [6, 6.07) is 8.72. The summed E-state index contributed by atoms with van der Waals surface area (Å²) in [6.45, 7) is 0.426. The average molecular weight is 626 g/mol. The molecule has 1 aliphatic heterocycles. The van der Waals surface area contributed by atoms with E-state index in [0.717, 1.165) is 14.6 Å². The quantitative estimate of drug-likeness (QED) is 0.206. The Morgan fingerprint density at radius 3 is 2.74 bits per heavy atom. The van der Waals surface area contributed by atoms with Gasteiger partial charge in [0.15, 0.2) is 5.13 Å². The smallest absolute Gasteiger partial charge is 0.303 e. The SMILES string of the molecule is CO[C@H]1C[C@@H](c2ncc(CCC(=O)O)s2)N(C(=O)Cc2cc(Cl)c(Nc3nc4c(Cl)cccc4s3)cc2Cl)C1. The number of hydrogen-bond donors (Lipinski definition) is 2. The first-order chi connectivity index (χ1) is 18.7. The number of carboxylic acids is 1. The van der Waals surface area contributed by atoms with Crippen LogP contribution in [-0.2, 0) is 27.2 Å². The van der Waals surface area contributed by atoms with Crippen LogP contribution >= 0.6 is 57.5 Å². The van der Waals surface area contributed by atoms with Gasteiger partial charge in [0.1, 0.15) is 10.5 Å². The summed E-state index contributed by atoms with van der Waals surface area (Å²) in [7, 11) is 1.62. The van der Waals surface area contributed by atoms with Crippen molar-refractivity contribution in [2.24, 2.45) is 0 Å². The van der Waals surface area contributed by atoms with Gasteiger partial charge >= 0.3 is 5.97 Å². The van der Waals surface area contributed by atoms with E-state index in [9.17, 15) is 9.59 Å². The van der Waals surface area contributed by atoms with Gasteiger partial charge in [-0.15, -0.1) is 11.3 Å². The molecule has 0 spiro atoms. The van der Waals surface area contributed by atoms with E-state index in [-0.39, 0.29) is 30.9 Å². The topological polar surface area (TPSA) is 105 Å². The number of benzene rings is 2. The molecule has 2 aromatic heterocycles. The summed E-state index contributed by atoms with van der Waals surface area (Å²) < 4.78 is 6.50. The molecular formula is C26H23Cl3N4O4S2. The Balaban J connectivity index is 1.31. The van der Waals surface area contributed by atoms with Crippen LogP contribution < -0.4 is 5.32 Å². The maximum absolute atomic E-state index is 13.5. The van der Waals surface area contributed by atoms with Crippen LogP contribution in [0.2, 0.25) is 15.1 Å². The summed E-state index contributed by atoms with van der Waals surface area (Å²) in [5.41, 5.74) is 1.88. The Labute approximate surface area is 247 Å². The number of fused-ring (bicyclic) bond motifs is 1. The first-order valence-electron chi connectivity index (χ1n) is 12.0. The predicted molar refractivity (Wildman–Crippen MR) is 156 cm³/mol. The van der Waals surface area contributed by atoms with E-state index < -0.39 is 5.97 Å². The van der Waals surface area contributed by atoms with Crippen molar-refractivity contribution < 1.29 is 19.4 Å². The fourth-order valence-corrected chi connectivity index (χ4v) is 7.15. The Morgan fingerprint density at radius 2 is 2.00 bits per heavy atom. The van der Waals surface area contributed by atoms with E-state index in [1.165, 1.54) is 22.7 Å². The number of carboxylic acid groups (broad SMARTS) is 1. The van der Waals surface area contributed by atoms with Gasteiger partial charge in [-0.25, -0.2) is 9.97 Å². The van der Waals surface area contributed by atoms with Gasteiger partial charge in [-0.3, -0.25) is 9.59 Å². The number of methoxy groups -OCH3 is 1. The largest absolute Gasteiger partial charge is 0.481 e. The zero-order valence-corrected chi connectivity index (χ0v) is 24.5. The maximum Gasteiger partial charge on any atom is 0.303 e. The summed E-state index contributed by atoms with van der Waals surface area (Å²) in [6.07, 6.45) is 2.66. The lowest BCUT2D eigenvalue weighted by molar-refractivity contribution is -0.137. The predicted octanol–water partition coefficient (Wildman–Crippen LogP) is 7.00. The number of likely N-dealkylation sites (tertiary alicyclic amines) is 1. The highest BCUT2D eigenvalue weighted by atomic mass is 35.5. The fraction of sp³-hybridized carbons (Fsp3) is 0.308. The third-order valence-electron chi connectivity index (χ3n) is 6.45. The molecule has 1 fully saturated rings. The lowest BCUT2D eigenvalue weighted by Crippen LogP contribution is -2.33. The van der Waals surface area contributed by atoms with Crippen molar-refractivity contribution in [2.45, 2.75) is 37.8 Å². The van der Waals surface area contributed by atoms with Crippen LogP contribution in [0, 0.1) is 0 Å². The number of para-hydroxylation sites is 1. The minimum atomic E-state index is -0.858. The fourth-order valence-electron chi connectivity index (χ4n) is 4.47. The molecule has 204 valence electrons. The van der Waals surface area contributed by atoms with Gasteiger partial charge in [0, 0.05) is 36.2 Å². The van der Waals surface area contributed by atoms with E-state index in [0.29, 0.717) is 56.4 Å². The van der Waals surface area contributed by atoms with Crippen LogP contribution in [0.25, 0.3) is 10.2 Å². The highest BCUT2D eigenvalue weighted by Crippen LogP contribution is 2.38. The molecule has 4 aromatic rings. The zero-order chi connectivity index (χ0) is 27.7. The van der Waals surface area contributed by atoms with Crippen molar-refractivity contribution in [3.8, 4) is 0 Å². The Morgan fingerprint density at radius 1 is 1.18 bits per heavy atom. The van der Waals surface area contributed by atoms with Crippen molar-refractivity contribution >= 4 is 90.4 Å². The Bertz CT molecular complexity index is 1540. The van der Waals surface area contributed by atoms with E-state index in [2.05, 4.69) is 15.3 Å². The molecule has 2 aromatic carbocycles. The molecule has 0 aliphatic carbocycles. The third-order valence-corrected chi connectivity index (χ3v) is 9.51. The van der Waals surface area contributed by atoms with E-state index in [1.54, 1.807) is 36.4 Å². The number of amides is 1. The molecule has 3 heterocycles. The second kappa shape index (κ2) is 12.0. The molecular weight excluding hydrogens is 603 g/mol. The van der Waals surface area contributed by atoms with Crippen molar-refractivity contribution in [1.82, 2.24) is 14.9 Å². The summed E-state index contributed by atoms with van der Waals surface area (Å²) in [5.74, 6) is -0.982. The van der Waals surface area contributed by atoms with Gasteiger partial charge in [0.2, 0.25) is 5.91 Å². The van der Waals surface area contributed by atoms with Gasteiger partial charge in [-0.05, 0) is 36.2 Å². The number of nitrogens with one attached hydrogen (secondary N) is 1. The lowest BCUT2D eigenvalue weighted by atomic mass is 10.1. The standard InChI is InChI=1S/C26H23Cl3N4O4S2/c1-37-14-9-20(25-30-11-15(38-25)5-6-23(35)36)33(12-14)22(34)8-13-7-18(29)19(10-17(13)28)31-26-32-24-16(27)3-2-4-21(24)39-26/h2-4,7,10-11,14,20H,5-6,8-9,12H2,1H3,(H,31,32)(H,35,36)/t14-,20-/m0/s1. The number of carbonyl (C=O) groups excluding carboxylic acids is 1. The van der Waals surface area contributed by atoms with Crippen molar-refractivity contribution in [3.63, 3.8) is 0 Å². The third kappa shape index (κ3) is 6.32. The van der Waals surface area contributed by atoms with Crippen molar-refractivity contribution in [3.05, 3.63) is 67.0 Å². The molecule has 39 heavy (non-hydrogen) atoms. The summed E-state index contributed by atoms with van der Waals surface area (Å²) in [4.78, 5) is 36.1. The molecule has 13 heteroatoms. The number of ether oxygens (including phenoxy) is 1. The van der Waals surface area contributed by atoms with Crippen molar-refractivity contribution in [1.29, 1.82) is 0 Å². The molecule has 8 nitrogen and oxygen atoms in total. The molecule has 5 rings (SSSR count). The first-order valence-corrected chi connectivity index (χ1v) is 14.8. The molecule has 1 amide bonds. The van der Waals surface area contributed by atoms with E-state index >= 15 is 0 Å². The molecule has 0 bridgehead atoms. The normalized spacial score (nSPS) is 17.2. The van der Waals surface area contributed by atoms with Crippen LogP contribution in [0.4, 0.5) is 10.8 Å². The van der Waals surface area contributed by atoms with Crippen LogP contribution in [0.3, 0.4) is 0 Å². The van der Waals surface area contributed by atoms with Crippen LogP contribution in [0.1, 0.15) is 34.3 Å². The number of anilines is 2. The zero-order valence-electron chi connectivity index (χ0n) is 20.6. The number of hydrogen-bond acceptors (Lipinski definition) is 8. The van der Waals surface area contributed by atoms with Gasteiger partial charge in [0.25, 0.3) is 0 Å². The maximum atomic E-state index is 13.5. The number of thiazole rings is 2. The van der Waals surface area contributed by atoms with E-state index in [1.807, 2.05) is 12.1 Å². The van der Waals surface area contributed by atoms with Gasteiger partial charge in [-0.1, -0.05) is 52.2 Å². The Hall–Kier alpha value is -2.47.